The van der Waals surface area contributed by atoms with Crippen LogP contribution < -0.4 is 0 Å². The summed E-state index contributed by atoms with van der Waals surface area (Å²) >= 11 is 0. The summed E-state index contributed by atoms with van der Waals surface area (Å²) in [4.78, 5) is 12.1. The van der Waals surface area contributed by atoms with Crippen molar-refractivity contribution < 1.29 is 24.5 Å². The van der Waals surface area contributed by atoms with E-state index in [0.717, 1.165) is 6.08 Å². The first kappa shape index (κ1) is 11.8. The fourth-order valence-electron chi connectivity index (χ4n) is 0.0315. The number of halogens is 1. The lowest BCUT2D eigenvalue weighted by Gasteiger charge is -1.74. The Morgan fingerprint density at radius 3 is 2.00 bits per heavy atom. The molecule has 0 spiro atoms. The van der Waals surface area contributed by atoms with Gasteiger partial charge in [-0.1, -0.05) is 6.58 Å². The molecule has 0 fully saturated rings. The van der Waals surface area contributed by atoms with Crippen LogP contribution in [0.15, 0.2) is 12.7 Å². The highest BCUT2D eigenvalue weighted by Gasteiger charge is 1.87. The molecule has 0 saturated heterocycles. The van der Waals surface area contributed by atoms with E-state index in [4.69, 9.17) is 10.2 Å². The maximum Gasteiger partial charge on any atom is 0.371 e. The smallest absolute Gasteiger partial charge is 0.371 e. The first-order valence-corrected chi connectivity index (χ1v) is 2.39. The van der Waals surface area contributed by atoms with Crippen LogP contribution in [0.2, 0.25) is 0 Å². The number of aliphatic hydroxyl groups is 2. The Kier molecular flexibility index (Phi) is 12.9. The van der Waals surface area contributed by atoms with Gasteiger partial charge in [-0.05, 0) is 0 Å². The molecule has 0 aromatic heterocycles. The van der Waals surface area contributed by atoms with Gasteiger partial charge in [-0.15, -0.1) is 0 Å². The van der Waals surface area contributed by atoms with Gasteiger partial charge in [0.1, 0.15) is 0 Å². The van der Waals surface area contributed by atoms with Gasteiger partial charge in [-0.25, -0.2) is 4.79 Å². The van der Waals surface area contributed by atoms with Crippen molar-refractivity contribution in [3.63, 3.8) is 0 Å². The second kappa shape index (κ2) is 10.9. The molecule has 0 aliphatic heterocycles. The molecule has 0 unspecified atom stereocenters. The Morgan fingerprint density at radius 2 is 2.00 bits per heavy atom. The standard InChI is InChI=1S/C3H3FO2.C2H6O2/c1-2-3(5)6-4;3-1-2-4/h2H,1H2;3-4H,1-2H2. The van der Waals surface area contributed by atoms with E-state index in [0.29, 0.717) is 0 Å². The van der Waals surface area contributed by atoms with Gasteiger partial charge in [0.2, 0.25) is 0 Å². The van der Waals surface area contributed by atoms with Crippen molar-refractivity contribution >= 4 is 5.97 Å². The van der Waals surface area contributed by atoms with Crippen LogP contribution >= 0.6 is 0 Å². The number of rotatable bonds is 2. The summed E-state index contributed by atoms with van der Waals surface area (Å²) < 4.78 is 10.5. The molecule has 0 heterocycles. The third-order valence-corrected chi connectivity index (χ3v) is 0.343. The molecule has 0 saturated carbocycles. The van der Waals surface area contributed by atoms with Crippen LogP contribution in [0, 0.1) is 0 Å². The number of carbonyl (C=O) groups is 1. The minimum atomic E-state index is -1.06. The van der Waals surface area contributed by atoms with Gasteiger partial charge < -0.3 is 10.2 Å². The number of aliphatic hydroxyl groups excluding tert-OH is 2. The van der Waals surface area contributed by atoms with Crippen molar-refractivity contribution in [2.45, 2.75) is 0 Å². The molecular formula is C5H9FO4. The highest BCUT2D eigenvalue weighted by Crippen LogP contribution is 1.74. The number of hydrogen-bond acceptors (Lipinski definition) is 4. The largest absolute Gasteiger partial charge is 0.394 e. The van der Waals surface area contributed by atoms with Crippen LogP contribution in [0.1, 0.15) is 0 Å². The SMILES string of the molecule is C=CC(=O)OF.OCCO. The molecule has 0 atom stereocenters. The summed E-state index contributed by atoms with van der Waals surface area (Å²) in [5, 5.41) is 15.2. The van der Waals surface area contributed by atoms with Crippen LogP contribution in [0.4, 0.5) is 4.53 Å². The molecule has 10 heavy (non-hydrogen) atoms. The average Bonchev–Trinajstić information content (AvgIpc) is 2.03. The van der Waals surface area contributed by atoms with E-state index in [2.05, 4.69) is 11.5 Å². The van der Waals surface area contributed by atoms with Crippen LogP contribution in [0.25, 0.3) is 0 Å². The molecular weight excluding hydrogens is 143 g/mol. The van der Waals surface area contributed by atoms with E-state index in [1.54, 1.807) is 0 Å². The van der Waals surface area contributed by atoms with Crippen LogP contribution in [-0.2, 0) is 9.74 Å². The van der Waals surface area contributed by atoms with E-state index < -0.39 is 5.97 Å². The third-order valence-electron chi connectivity index (χ3n) is 0.343. The minimum absolute atomic E-state index is 0.125. The Hall–Kier alpha value is -0.940. The first-order valence-electron chi connectivity index (χ1n) is 2.39. The minimum Gasteiger partial charge on any atom is -0.394 e. The first-order chi connectivity index (χ1) is 4.72. The summed E-state index contributed by atoms with van der Waals surface area (Å²) in [7, 11) is 0. The number of carbonyl (C=O) groups excluding carboxylic acids is 1. The van der Waals surface area contributed by atoms with E-state index in [1.165, 1.54) is 0 Å². The zero-order valence-electron chi connectivity index (χ0n) is 5.29. The number of hydrogen-bond donors (Lipinski definition) is 2. The Balaban J connectivity index is 0. The van der Waals surface area contributed by atoms with Crippen LogP contribution in [0.3, 0.4) is 0 Å². The summed E-state index contributed by atoms with van der Waals surface area (Å²) in [6.07, 6.45) is 0.736. The highest BCUT2D eigenvalue weighted by molar-refractivity contribution is 5.80. The van der Waals surface area contributed by atoms with E-state index >= 15 is 0 Å². The Labute approximate surface area is 57.4 Å². The second-order valence-electron chi connectivity index (χ2n) is 1.05. The molecule has 2 N–H and O–H groups in total. The molecule has 0 radical (unpaired) electrons. The van der Waals surface area contributed by atoms with Crippen molar-refractivity contribution in [2.75, 3.05) is 13.2 Å². The van der Waals surface area contributed by atoms with Gasteiger partial charge in [0.05, 0.1) is 13.2 Å². The average molecular weight is 152 g/mol. The lowest BCUT2D eigenvalue weighted by molar-refractivity contribution is -0.176. The monoisotopic (exact) mass is 152 g/mol. The predicted octanol–water partition coefficient (Wildman–Crippen LogP) is -0.429. The second-order valence-corrected chi connectivity index (χ2v) is 1.05. The van der Waals surface area contributed by atoms with Gasteiger partial charge in [0, 0.05) is 10.6 Å². The maximum atomic E-state index is 10.5. The van der Waals surface area contributed by atoms with Crippen molar-refractivity contribution in [3.8, 4) is 0 Å². The Bertz CT molecular complexity index is 91.6. The normalized spacial score (nSPS) is 7.10. The molecule has 0 rings (SSSR count). The van der Waals surface area contributed by atoms with Gasteiger partial charge in [-0.2, -0.15) is 0 Å². The van der Waals surface area contributed by atoms with Gasteiger partial charge >= 0.3 is 5.97 Å². The van der Waals surface area contributed by atoms with Gasteiger partial charge in [-0.3, -0.25) is 4.94 Å². The van der Waals surface area contributed by atoms with E-state index in [1.807, 2.05) is 0 Å². The summed E-state index contributed by atoms with van der Waals surface area (Å²) in [6, 6.07) is 0. The predicted molar refractivity (Wildman–Crippen MR) is 31.6 cm³/mol. The molecule has 5 heteroatoms. The van der Waals surface area contributed by atoms with Gasteiger partial charge in [0.25, 0.3) is 0 Å². The molecule has 0 aromatic carbocycles. The lowest BCUT2D eigenvalue weighted by Crippen LogP contribution is -1.87. The fourth-order valence-corrected chi connectivity index (χ4v) is 0.0315. The molecule has 0 aliphatic carbocycles. The van der Waals surface area contributed by atoms with Crippen molar-refractivity contribution in [2.24, 2.45) is 0 Å². The summed E-state index contributed by atoms with van der Waals surface area (Å²) in [5.41, 5.74) is 0. The van der Waals surface area contributed by atoms with Crippen molar-refractivity contribution in [1.29, 1.82) is 0 Å². The molecule has 4 nitrogen and oxygen atoms in total. The van der Waals surface area contributed by atoms with E-state index in [-0.39, 0.29) is 13.2 Å². The molecule has 0 bridgehead atoms. The van der Waals surface area contributed by atoms with Crippen LogP contribution in [-0.4, -0.2) is 29.4 Å². The highest BCUT2D eigenvalue weighted by atomic mass is 19.3. The summed E-state index contributed by atoms with van der Waals surface area (Å²) in [5.74, 6) is -1.06. The molecule has 0 aliphatic rings. The van der Waals surface area contributed by atoms with Crippen LogP contribution in [0.5, 0.6) is 0 Å². The zero-order chi connectivity index (χ0) is 8.41. The summed E-state index contributed by atoms with van der Waals surface area (Å²) in [6.45, 7) is 2.67. The Morgan fingerprint density at radius 1 is 1.60 bits per heavy atom. The molecule has 0 amide bonds. The third kappa shape index (κ3) is 15.7. The lowest BCUT2D eigenvalue weighted by atomic mass is 10.7. The van der Waals surface area contributed by atoms with Gasteiger partial charge in [0.15, 0.2) is 0 Å². The quantitative estimate of drug-likeness (QED) is 0.527. The fraction of sp³-hybridized carbons (Fsp3) is 0.400. The van der Waals surface area contributed by atoms with E-state index in [9.17, 15) is 9.32 Å². The van der Waals surface area contributed by atoms with Crippen molar-refractivity contribution in [1.82, 2.24) is 0 Å². The maximum absolute atomic E-state index is 10.5. The molecule has 0 aromatic rings. The molecule has 60 valence electrons. The zero-order valence-corrected chi connectivity index (χ0v) is 5.29. The topological polar surface area (TPSA) is 66.8 Å². The van der Waals surface area contributed by atoms with Crippen molar-refractivity contribution in [3.05, 3.63) is 12.7 Å².